The molecular weight excluding hydrogens is 271 g/mol. The van der Waals surface area contributed by atoms with Crippen LogP contribution in [0.4, 0.5) is 13.2 Å². The van der Waals surface area contributed by atoms with E-state index in [0.29, 0.717) is 12.5 Å². The zero-order valence-electron chi connectivity index (χ0n) is 9.69. The number of alkyl halides is 3. The van der Waals surface area contributed by atoms with Gasteiger partial charge in [0.2, 0.25) is 0 Å². The summed E-state index contributed by atoms with van der Waals surface area (Å²) in [5.41, 5.74) is -2.66. The Morgan fingerprint density at radius 2 is 1.94 bits per heavy atom. The van der Waals surface area contributed by atoms with Crippen molar-refractivity contribution in [3.8, 4) is 0 Å². The molecule has 1 aromatic heterocycles. The summed E-state index contributed by atoms with van der Waals surface area (Å²) in [6.45, 7) is 2.26. The average molecular weight is 283 g/mol. The van der Waals surface area contributed by atoms with Gasteiger partial charge in [-0.1, -0.05) is 0 Å². The van der Waals surface area contributed by atoms with Crippen molar-refractivity contribution in [1.29, 1.82) is 0 Å². The predicted molar refractivity (Wildman–Crippen MR) is 58.8 cm³/mol. The summed E-state index contributed by atoms with van der Waals surface area (Å²) < 4.78 is 69.4. The molecule has 0 saturated carbocycles. The summed E-state index contributed by atoms with van der Waals surface area (Å²) in [6, 6.07) is 2.65. The maximum absolute atomic E-state index is 13.0. The van der Waals surface area contributed by atoms with Crippen molar-refractivity contribution in [3.63, 3.8) is 0 Å². The van der Waals surface area contributed by atoms with Crippen LogP contribution >= 0.6 is 0 Å². The molecule has 1 atom stereocenters. The first-order chi connectivity index (χ1) is 7.96. The first kappa shape index (κ1) is 14.9. The Balaban J connectivity index is 3.39. The fourth-order valence-electron chi connectivity index (χ4n) is 1.50. The summed E-state index contributed by atoms with van der Waals surface area (Å²) in [4.78, 5) is 3.57. The maximum atomic E-state index is 13.0. The second-order valence-electron chi connectivity index (χ2n) is 4.27. The molecule has 0 aliphatic rings. The fourth-order valence-corrected chi connectivity index (χ4v) is 2.54. The van der Waals surface area contributed by atoms with E-state index in [1.807, 2.05) is 0 Å². The van der Waals surface area contributed by atoms with Crippen molar-refractivity contribution < 1.29 is 26.1 Å². The number of aryl methyl sites for hydroxylation is 1. The summed E-state index contributed by atoms with van der Waals surface area (Å²) in [5.74, 6) is -1.46. The Bertz CT molecular complexity index is 542. The predicted octanol–water partition coefficient (Wildman–Crippen LogP) is 2.10. The highest BCUT2D eigenvalue weighted by Crippen LogP contribution is 2.41. The number of pyridine rings is 1. The van der Waals surface area contributed by atoms with Gasteiger partial charge in [0.1, 0.15) is 5.41 Å². The fraction of sp³-hybridized carbons (Fsp3) is 0.500. The van der Waals surface area contributed by atoms with E-state index in [9.17, 15) is 21.6 Å². The topological polar surface area (TPSA) is 67.3 Å². The van der Waals surface area contributed by atoms with Gasteiger partial charge in [0, 0.05) is 6.20 Å². The number of rotatable bonds is 3. The lowest BCUT2D eigenvalue weighted by Gasteiger charge is -2.30. The normalized spacial score (nSPS) is 16.3. The molecular formula is C10H12F3NO3S. The number of nitrogens with zero attached hydrogens (tertiary/aromatic N) is 1. The monoisotopic (exact) mass is 283 g/mol. The molecule has 18 heavy (non-hydrogen) atoms. The summed E-state index contributed by atoms with van der Waals surface area (Å²) in [6.07, 6.45) is -3.68. The third-order valence-corrected chi connectivity index (χ3v) is 3.52. The van der Waals surface area contributed by atoms with Gasteiger partial charge < -0.3 is 0 Å². The molecule has 0 bridgehead atoms. The van der Waals surface area contributed by atoms with E-state index < -0.39 is 33.2 Å². The van der Waals surface area contributed by atoms with Gasteiger partial charge >= 0.3 is 6.18 Å². The number of aromatic nitrogens is 1. The van der Waals surface area contributed by atoms with Gasteiger partial charge in [-0.3, -0.25) is 9.54 Å². The molecule has 8 heteroatoms. The second kappa shape index (κ2) is 4.51. The van der Waals surface area contributed by atoms with Crippen molar-refractivity contribution in [3.05, 3.63) is 29.6 Å². The summed E-state index contributed by atoms with van der Waals surface area (Å²) in [7, 11) is -4.79. The van der Waals surface area contributed by atoms with Crippen LogP contribution in [0.5, 0.6) is 0 Å². The van der Waals surface area contributed by atoms with E-state index in [4.69, 9.17) is 4.55 Å². The highest BCUT2D eigenvalue weighted by molar-refractivity contribution is 7.85. The first-order valence-corrected chi connectivity index (χ1v) is 6.52. The van der Waals surface area contributed by atoms with Crippen LogP contribution in [0.2, 0.25) is 0 Å². The van der Waals surface area contributed by atoms with Crippen LogP contribution in [0.3, 0.4) is 0 Å². The van der Waals surface area contributed by atoms with Gasteiger partial charge in [-0.15, -0.1) is 0 Å². The van der Waals surface area contributed by atoms with Crippen LogP contribution in [0.1, 0.15) is 18.2 Å². The standard InChI is InChI=1S/C10H12F3NO3S/c1-7-3-4-14-8(5-7)9(2,10(11,12)13)6-18(15,16)17/h3-5H,6H2,1-2H3,(H,15,16,17). The Kier molecular flexibility index (Phi) is 3.73. The first-order valence-electron chi connectivity index (χ1n) is 4.91. The zero-order valence-corrected chi connectivity index (χ0v) is 10.5. The smallest absolute Gasteiger partial charge is 0.286 e. The molecule has 1 rings (SSSR count). The maximum Gasteiger partial charge on any atom is 0.400 e. The highest BCUT2D eigenvalue weighted by atomic mass is 32.2. The Morgan fingerprint density at radius 3 is 2.33 bits per heavy atom. The number of halogens is 3. The molecule has 0 fully saturated rings. The van der Waals surface area contributed by atoms with Gasteiger partial charge in [0.25, 0.3) is 10.1 Å². The van der Waals surface area contributed by atoms with Crippen molar-refractivity contribution in [1.82, 2.24) is 4.98 Å². The number of hydrogen-bond acceptors (Lipinski definition) is 3. The Labute approximate surface area is 103 Å². The summed E-state index contributed by atoms with van der Waals surface area (Å²) >= 11 is 0. The third kappa shape index (κ3) is 3.20. The average Bonchev–Trinajstić information content (AvgIpc) is 2.13. The van der Waals surface area contributed by atoms with E-state index in [-0.39, 0.29) is 0 Å². The molecule has 1 aromatic rings. The Morgan fingerprint density at radius 1 is 1.39 bits per heavy atom. The molecule has 102 valence electrons. The van der Waals surface area contributed by atoms with Crippen LogP contribution in [0.25, 0.3) is 0 Å². The van der Waals surface area contributed by atoms with Gasteiger partial charge in [-0.2, -0.15) is 21.6 Å². The van der Waals surface area contributed by atoms with Crippen molar-refractivity contribution >= 4 is 10.1 Å². The summed E-state index contributed by atoms with van der Waals surface area (Å²) in [5, 5.41) is 0. The van der Waals surface area contributed by atoms with E-state index in [0.717, 1.165) is 6.07 Å². The van der Waals surface area contributed by atoms with Crippen molar-refractivity contribution in [2.24, 2.45) is 0 Å². The number of hydrogen-bond donors (Lipinski definition) is 1. The molecule has 0 aliphatic heterocycles. The van der Waals surface area contributed by atoms with Gasteiger partial charge in [-0.05, 0) is 31.5 Å². The molecule has 0 aromatic carbocycles. The van der Waals surface area contributed by atoms with Crippen LogP contribution < -0.4 is 0 Å². The molecule has 0 amide bonds. The van der Waals surface area contributed by atoms with E-state index in [1.165, 1.54) is 12.3 Å². The third-order valence-electron chi connectivity index (χ3n) is 2.58. The van der Waals surface area contributed by atoms with Crippen molar-refractivity contribution in [2.45, 2.75) is 25.4 Å². The zero-order chi connectivity index (χ0) is 14.2. The lowest BCUT2D eigenvalue weighted by molar-refractivity contribution is -0.180. The van der Waals surface area contributed by atoms with Gasteiger partial charge in [-0.25, -0.2) is 0 Å². The van der Waals surface area contributed by atoms with Crippen LogP contribution in [-0.4, -0.2) is 29.9 Å². The van der Waals surface area contributed by atoms with Gasteiger partial charge in [0.05, 0.1) is 11.4 Å². The van der Waals surface area contributed by atoms with Crippen molar-refractivity contribution in [2.75, 3.05) is 5.75 Å². The highest BCUT2D eigenvalue weighted by Gasteiger charge is 2.55. The van der Waals surface area contributed by atoms with Crippen LogP contribution in [0.15, 0.2) is 18.3 Å². The largest absolute Gasteiger partial charge is 0.400 e. The Hall–Kier alpha value is -1.15. The molecule has 1 unspecified atom stereocenters. The minimum absolute atomic E-state index is 0.437. The minimum atomic E-state index is -4.84. The molecule has 1 N–H and O–H groups in total. The quantitative estimate of drug-likeness (QED) is 0.863. The lowest BCUT2D eigenvalue weighted by Crippen LogP contribution is -2.45. The molecule has 0 aliphatic carbocycles. The lowest BCUT2D eigenvalue weighted by atomic mass is 9.87. The van der Waals surface area contributed by atoms with E-state index in [1.54, 1.807) is 6.92 Å². The van der Waals surface area contributed by atoms with Crippen LogP contribution in [-0.2, 0) is 15.5 Å². The van der Waals surface area contributed by atoms with E-state index in [2.05, 4.69) is 4.98 Å². The van der Waals surface area contributed by atoms with Gasteiger partial charge in [0.15, 0.2) is 0 Å². The second-order valence-corrected chi connectivity index (χ2v) is 5.73. The van der Waals surface area contributed by atoms with Crippen LogP contribution in [0, 0.1) is 6.92 Å². The molecule has 0 saturated heterocycles. The molecule has 1 heterocycles. The SMILES string of the molecule is Cc1ccnc(C(C)(CS(=O)(=O)O)C(F)(F)F)c1. The molecule has 4 nitrogen and oxygen atoms in total. The molecule has 0 spiro atoms. The van der Waals surface area contributed by atoms with E-state index >= 15 is 0 Å². The molecule has 0 radical (unpaired) electrons. The minimum Gasteiger partial charge on any atom is -0.286 e.